The van der Waals surface area contributed by atoms with Crippen molar-refractivity contribution in [2.75, 3.05) is 5.32 Å². The van der Waals surface area contributed by atoms with Gasteiger partial charge >= 0.3 is 0 Å². The van der Waals surface area contributed by atoms with Crippen LogP contribution in [0.2, 0.25) is 0 Å². The van der Waals surface area contributed by atoms with Gasteiger partial charge in [0, 0.05) is 23.1 Å². The third kappa shape index (κ3) is 2.50. The highest BCUT2D eigenvalue weighted by molar-refractivity contribution is 6.01. The molecule has 3 heteroatoms. The van der Waals surface area contributed by atoms with E-state index in [1.54, 1.807) is 6.20 Å². The van der Waals surface area contributed by atoms with E-state index in [0.29, 0.717) is 6.42 Å². The maximum absolute atomic E-state index is 11.4. The van der Waals surface area contributed by atoms with Crippen molar-refractivity contribution in [2.24, 2.45) is 0 Å². The SMILES string of the molecule is CC.Cc1ncccc1-c1cccc2c1CC(=O)N2. The van der Waals surface area contributed by atoms with E-state index in [1.165, 1.54) is 0 Å². The lowest BCUT2D eigenvalue weighted by Crippen LogP contribution is -2.03. The topological polar surface area (TPSA) is 42.0 Å². The number of rotatable bonds is 1. The molecule has 2 heterocycles. The predicted molar refractivity (Wildman–Crippen MR) is 78.1 cm³/mol. The van der Waals surface area contributed by atoms with Gasteiger partial charge in [-0.3, -0.25) is 9.78 Å². The number of pyridine rings is 1. The van der Waals surface area contributed by atoms with E-state index in [4.69, 9.17) is 0 Å². The molecular weight excluding hydrogens is 236 g/mol. The molecule has 0 bridgehead atoms. The number of fused-ring (bicyclic) bond motifs is 1. The van der Waals surface area contributed by atoms with Gasteiger partial charge < -0.3 is 5.32 Å². The van der Waals surface area contributed by atoms with Crippen molar-refractivity contribution in [3.05, 3.63) is 47.8 Å². The normalized spacial score (nSPS) is 12.3. The van der Waals surface area contributed by atoms with Crippen LogP contribution in [0.3, 0.4) is 0 Å². The summed E-state index contributed by atoms with van der Waals surface area (Å²) in [5.74, 6) is 0.0639. The maximum Gasteiger partial charge on any atom is 0.228 e. The van der Waals surface area contributed by atoms with E-state index in [0.717, 1.165) is 28.1 Å². The Morgan fingerprint density at radius 3 is 2.58 bits per heavy atom. The van der Waals surface area contributed by atoms with Crippen LogP contribution in [0.1, 0.15) is 25.1 Å². The number of anilines is 1. The average molecular weight is 254 g/mol. The van der Waals surface area contributed by atoms with Crippen LogP contribution < -0.4 is 5.32 Å². The van der Waals surface area contributed by atoms with E-state index in [-0.39, 0.29) is 5.91 Å². The van der Waals surface area contributed by atoms with Crippen LogP contribution in [0.25, 0.3) is 11.1 Å². The van der Waals surface area contributed by atoms with Crippen molar-refractivity contribution in [1.82, 2.24) is 4.98 Å². The summed E-state index contributed by atoms with van der Waals surface area (Å²) in [4.78, 5) is 15.7. The smallest absolute Gasteiger partial charge is 0.228 e. The Hall–Kier alpha value is -2.16. The first-order valence-electron chi connectivity index (χ1n) is 6.59. The number of aryl methyl sites for hydroxylation is 1. The molecule has 1 aliphatic heterocycles. The molecule has 0 atom stereocenters. The molecule has 1 aliphatic rings. The summed E-state index contributed by atoms with van der Waals surface area (Å²) in [7, 11) is 0. The molecule has 1 aromatic heterocycles. The highest BCUT2D eigenvalue weighted by atomic mass is 16.1. The Labute approximate surface area is 113 Å². The Balaban J connectivity index is 0.000000637. The molecule has 98 valence electrons. The second-order valence-corrected chi connectivity index (χ2v) is 4.19. The number of hydrogen-bond donors (Lipinski definition) is 1. The minimum Gasteiger partial charge on any atom is -0.326 e. The number of amides is 1. The first-order chi connectivity index (χ1) is 9.25. The first-order valence-corrected chi connectivity index (χ1v) is 6.59. The average Bonchev–Trinajstić information content (AvgIpc) is 2.82. The molecule has 3 rings (SSSR count). The van der Waals surface area contributed by atoms with Gasteiger partial charge in [0.05, 0.1) is 6.42 Å². The largest absolute Gasteiger partial charge is 0.326 e. The van der Waals surface area contributed by atoms with Crippen molar-refractivity contribution < 1.29 is 4.79 Å². The summed E-state index contributed by atoms with van der Waals surface area (Å²) >= 11 is 0. The van der Waals surface area contributed by atoms with E-state index in [9.17, 15) is 4.79 Å². The van der Waals surface area contributed by atoms with Crippen LogP contribution in [0, 0.1) is 6.92 Å². The lowest BCUT2D eigenvalue weighted by molar-refractivity contribution is -0.115. The molecule has 19 heavy (non-hydrogen) atoms. The molecule has 0 fully saturated rings. The summed E-state index contributed by atoms with van der Waals surface area (Å²) < 4.78 is 0. The van der Waals surface area contributed by atoms with Crippen LogP contribution in [0.4, 0.5) is 5.69 Å². The van der Waals surface area contributed by atoms with Gasteiger partial charge in [-0.25, -0.2) is 0 Å². The molecule has 1 amide bonds. The van der Waals surface area contributed by atoms with Crippen LogP contribution in [0.5, 0.6) is 0 Å². The summed E-state index contributed by atoms with van der Waals surface area (Å²) in [6, 6.07) is 9.91. The maximum atomic E-state index is 11.4. The number of nitrogens with one attached hydrogen (secondary N) is 1. The van der Waals surface area contributed by atoms with Gasteiger partial charge in [0.15, 0.2) is 0 Å². The lowest BCUT2D eigenvalue weighted by Gasteiger charge is -2.09. The molecule has 1 aromatic carbocycles. The molecule has 0 aliphatic carbocycles. The summed E-state index contributed by atoms with van der Waals surface area (Å²) in [6.07, 6.45) is 2.24. The highest BCUT2D eigenvalue weighted by Gasteiger charge is 2.21. The number of carbonyl (C=O) groups excluding carboxylic acids is 1. The fourth-order valence-electron chi connectivity index (χ4n) is 2.27. The van der Waals surface area contributed by atoms with E-state index in [2.05, 4.69) is 10.3 Å². The number of aromatic nitrogens is 1. The summed E-state index contributed by atoms with van der Waals surface area (Å²) in [5, 5.41) is 2.87. The quantitative estimate of drug-likeness (QED) is 0.845. The van der Waals surface area contributed by atoms with E-state index in [1.807, 2.05) is 51.1 Å². The first kappa shape index (κ1) is 13.3. The molecular formula is C16H18N2O. The molecule has 2 aromatic rings. The van der Waals surface area contributed by atoms with Gasteiger partial charge in [-0.15, -0.1) is 0 Å². The van der Waals surface area contributed by atoms with E-state index >= 15 is 0 Å². The molecule has 0 saturated carbocycles. The summed E-state index contributed by atoms with van der Waals surface area (Å²) in [6.45, 7) is 5.99. The molecule has 0 unspecified atom stereocenters. The molecule has 0 saturated heterocycles. The van der Waals surface area contributed by atoms with Gasteiger partial charge in [0.1, 0.15) is 0 Å². The Kier molecular flexibility index (Phi) is 3.95. The lowest BCUT2D eigenvalue weighted by atomic mass is 9.97. The number of nitrogens with zero attached hydrogens (tertiary/aromatic N) is 1. The zero-order chi connectivity index (χ0) is 13.8. The fourth-order valence-corrected chi connectivity index (χ4v) is 2.27. The minimum atomic E-state index is 0.0639. The number of hydrogen-bond acceptors (Lipinski definition) is 2. The van der Waals surface area contributed by atoms with Crippen molar-refractivity contribution in [1.29, 1.82) is 0 Å². The predicted octanol–water partition coefficient (Wildman–Crippen LogP) is 3.58. The fraction of sp³-hybridized carbons (Fsp3) is 0.250. The van der Waals surface area contributed by atoms with Crippen molar-refractivity contribution in [2.45, 2.75) is 27.2 Å². The standard InChI is InChI=1S/C14H12N2O.C2H6/c1-9-10(5-3-7-15-9)11-4-2-6-13-12(11)8-14(17)16-13;1-2/h2-7H,8H2,1H3,(H,16,17);1-2H3. The van der Waals surface area contributed by atoms with Crippen molar-refractivity contribution in [3.63, 3.8) is 0 Å². The van der Waals surface area contributed by atoms with Crippen LogP contribution >= 0.6 is 0 Å². The van der Waals surface area contributed by atoms with Gasteiger partial charge in [-0.2, -0.15) is 0 Å². The van der Waals surface area contributed by atoms with Crippen LogP contribution in [-0.2, 0) is 11.2 Å². The number of benzene rings is 1. The molecule has 0 radical (unpaired) electrons. The van der Waals surface area contributed by atoms with Crippen LogP contribution in [0.15, 0.2) is 36.5 Å². The molecule has 1 N–H and O–H groups in total. The zero-order valence-corrected chi connectivity index (χ0v) is 11.5. The second kappa shape index (κ2) is 5.65. The van der Waals surface area contributed by atoms with Gasteiger partial charge in [-0.05, 0) is 30.2 Å². The van der Waals surface area contributed by atoms with E-state index < -0.39 is 0 Å². The Morgan fingerprint density at radius 1 is 1.11 bits per heavy atom. The highest BCUT2D eigenvalue weighted by Crippen LogP contribution is 2.33. The van der Waals surface area contributed by atoms with Gasteiger partial charge in [0.2, 0.25) is 5.91 Å². The Bertz CT molecular complexity index is 605. The van der Waals surface area contributed by atoms with Gasteiger partial charge in [0.25, 0.3) is 0 Å². The van der Waals surface area contributed by atoms with Crippen molar-refractivity contribution >= 4 is 11.6 Å². The second-order valence-electron chi connectivity index (χ2n) is 4.19. The summed E-state index contributed by atoms with van der Waals surface area (Å²) in [5.41, 5.74) is 5.19. The third-order valence-corrected chi connectivity index (χ3v) is 3.08. The third-order valence-electron chi connectivity index (χ3n) is 3.08. The van der Waals surface area contributed by atoms with Gasteiger partial charge in [-0.1, -0.05) is 32.0 Å². The van der Waals surface area contributed by atoms with Crippen molar-refractivity contribution in [3.8, 4) is 11.1 Å². The Morgan fingerprint density at radius 2 is 1.84 bits per heavy atom. The molecule has 0 spiro atoms. The molecule has 3 nitrogen and oxygen atoms in total. The minimum absolute atomic E-state index is 0.0639. The number of carbonyl (C=O) groups is 1. The van der Waals surface area contributed by atoms with Crippen LogP contribution in [-0.4, -0.2) is 10.9 Å². The monoisotopic (exact) mass is 254 g/mol. The zero-order valence-electron chi connectivity index (χ0n) is 11.5.